The van der Waals surface area contributed by atoms with Crippen molar-refractivity contribution < 1.29 is 4.74 Å². The molecule has 1 saturated heterocycles. The quantitative estimate of drug-likeness (QED) is 0.750. The maximum Gasteiger partial charge on any atom is 0.228 e. The van der Waals surface area contributed by atoms with Crippen molar-refractivity contribution in [3.8, 4) is 0 Å². The number of ether oxygens (including phenoxy) is 1. The molecule has 1 saturated carbocycles. The first-order valence-electron chi connectivity index (χ1n) is 8.21. The third-order valence-electron chi connectivity index (χ3n) is 4.34. The van der Waals surface area contributed by atoms with Gasteiger partial charge >= 0.3 is 0 Å². The molecule has 8 heteroatoms. The third kappa shape index (κ3) is 3.23. The van der Waals surface area contributed by atoms with Gasteiger partial charge in [0.15, 0.2) is 5.16 Å². The summed E-state index contributed by atoms with van der Waals surface area (Å²) in [6.45, 7) is 6.35. The second-order valence-corrected chi connectivity index (χ2v) is 7.06. The average molecular weight is 334 g/mol. The van der Waals surface area contributed by atoms with E-state index in [1.54, 1.807) is 11.8 Å². The van der Waals surface area contributed by atoms with Gasteiger partial charge in [-0.3, -0.25) is 4.57 Å². The number of nitrogens with zero attached hydrogens (tertiary/aromatic N) is 6. The number of thioether (sulfide) groups is 1. The zero-order valence-corrected chi connectivity index (χ0v) is 14.2. The first kappa shape index (κ1) is 15.0. The van der Waals surface area contributed by atoms with Crippen LogP contribution in [0.25, 0.3) is 0 Å². The van der Waals surface area contributed by atoms with Crippen molar-refractivity contribution in [3.05, 3.63) is 18.2 Å². The lowest BCUT2D eigenvalue weighted by Gasteiger charge is -2.27. The van der Waals surface area contributed by atoms with Crippen LogP contribution in [-0.4, -0.2) is 56.4 Å². The number of rotatable bonds is 6. The van der Waals surface area contributed by atoms with E-state index >= 15 is 0 Å². The SMILES string of the molecule is Cc1nccn1CCSc1nnc(N2CCOCC2)n1C1CC1. The van der Waals surface area contributed by atoms with E-state index in [-0.39, 0.29) is 0 Å². The molecule has 23 heavy (non-hydrogen) atoms. The van der Waals surface area contributed by atoms with Crippen LogP contribution in [0.3, 0.4) is 0 Å². The first-order chi connectivity index (χ1) is 11.3. The maximum atomic E-state index is 5.45. The summed E-state index contributed by atoms with van der Waals surface area (Å²) in [4.78, 5) is 6.57. The number of hydrogen-bond acceptors (Lipinski definition) is 6. The fourth-order valence-corrected chi connectivity index (χ4v) is 3.81. The Labute approximate surface area is 140 Å². The number of imidazole rings is 1. The van der Waals surface area contributed by atoms with Crippen LogP contribution in [-0.2, 0) is 11.3 Å². The number of aryl methyl sites for hydroxylation is 2. The van der Waals surface area contributed by atoms with Crippen LogP contribution < -0.4 is 4.90 Å². The summed E-state index contributed by atoms with van der Waals surface area (Å²) in [5.74, 6) is 3.06. The maximum absolute atomic E-state index is 5.45. The molecule has 4 rings (SSSR count). The first-order valence-corrected chi connectivity index (χ1v) is 9.19. The van der Waals surface area contributed by atoms with Gasteiger partial charge in [-0.1, -0.05) is 11.8 Å². The van der Waals surface area contributed by atoms with Crippen LogP contribution in [0.5, 0.6) is 0 Å². The lowest BCUT2D eigenvalue weighted by molar-refractivity contribution is 0.121. The molecule has 0 amide bonds. The molecule has 2 aromatic heterocycles. The monoisotopic (exact) mass is 334 g/mol. The summed E-state index contributed by atoms with van der Waals surface area (Å²) >= 11 is 1.79. The third-order valence-corrected chi connectivity index (χ3v) is 5.26. The minimum absolute atomic E-state index is 0.584. The summed E-state index contributed by atoms with van der Waals surface area (Å²) in [5, 5.41) is 9.99. The Hall–Kier alpha value is -1.54. The van der Waals surface area contributed by atoms with Crippen LogP contribution in [0.4, 0.5) is 5.95 Å². The van der Waals surface area contributed by atoms with Gasteiger partial charge in [0.1, 0.15) is 5.82 Å². The van der Waals surface area contributed by atoms with Crippen LogP contribution >= 0.6 is 11.8 Å². The highest BCUT2D eigenvalue weighted by molar-refractivity contribution is 7.99. The van der Waals surface area contributed by atoms with Crippen molar-refractivity contribution in [3.63, 3.8) is 0 Å². The molecule has 0 aromatic carbocycles. The fraction of sp³-hybridized carbons (Fsp3) is 0.667. The Kier molecular flexibility index (Phi) is 4.26. The molecule has 0 spiro atoms. The summed E-state index contributed by atoms with van der Waals surface area (Å²) in [6, 6.07) is 0.584. The van der Waals surface area contributed by atoms with Gasteiger partial charge in [-0.25, -0.2) is 4.98 Å². The largest absolute Gasteiger partial charge is 0.378 e. The Morgan fingerprint density at radius 2 is 2.09 bits per heavy atom. The molecular formula is C15H22N6OS. The predicted octanol–water partition coefficient (Wildman–Crippen LogP) is 1.75. The molecule has 124 valence electrons. The zero-order chi connectivity index (χ0) is 15.6. The van der Waals surface area contributed by atoms with Crippen molar-refractivity contribution in [2.45, 2.75) is 37.5 Å². The van der Waals surface area contributed by atoms with Gasteiger partial charge in [-0.15, -0.1) is 10.2 Å². The highest BCUT2D eigenvalue weighted by atomic mass is 32.2. The minimum atomic E-state index is 0.584. The molecule has 0 atom stereocenters. The van der Waals surface area contributed by atoms with Gasteiger partial charge in [0, 0.05) is 43.8 Å². The summed E-state index contributed by atoms with van der Waals surface area (Å²) in [5.41, 5.74) is 0. The number of anilines is 1. The Balaban J connectivity index is 1.45. The Morgan fingerprint density at radius 3 is 2.78 bits per heavy atom. The number of aromatic nitrogens is 5. The predicted molar refractivity (Wildman–Crippen MR) is 89.0 cm³/mol. The van der Waals surface area contributed by atoms with Crippen molar-refractivity contribution >= 4 is 17.7 Å². The van der Waals surface area contributed by atoms with Gasteiger partial charge in [0.05, 0.1) is 13.2 Å². The molecule has 2 aliphatic rings. The highest BCUT2D eigenvalue weighted by Gasteiger charge is 2.32. The standard InChI is InChI=1S/C15H22N6OS/c1-12-16-4-5-19(12)8-11-23-15-18-17-14(21(15)13-2-3-13)20-6-9-22-10-7-20/h4-5,13H,2-3,6-11H2,1H3. The molecule has 1 aliphatic carbocycles. The van der Waals surface area contributed by atoms with Crippen molar-refractivity contribution in [2.75, 3.05) is 37.0 Å². The van der Waals surface area contributed by atoms with Crippen LogP contribution in [0.1, 0.15) is 24.7 Å². The molecule has 0 unspecified atom stereocenters. The second-order valence-electron chi connectivity index (χ2n) is 6.00. The summed E-state index contributed by atoms with van der Waals surface area (Å²) in [6.07, 6.45) is 6.36. The molecule has 0 bridgehead atoms. The summed E-state index contributed by atoms with van der Waals surface area (Å²) in [7, 11) is 0. The summed E-state index contributed by atoms with van der Waals surface area (Å²) < 4.78 is 9.97. The Bertz CT molecular complexity index is 659. The Morgan fingerprint density at radius 1 is 1.26 bits per heavy atom. The van der Waals surface area contributed by atoms with Crippen LogP contribution in [0.15, 0.2) is 17.6 Å². The molecule has 7 nitrogen and oxygen atoms in total. The lowest BCUT2D eigenvalue weighted by atomic mass is 10.4. The zero-order valence-electron chi connectivity index (χ0n) is 13.4. The normalized spacial score (nSPS) is 18.6. The van der Waals surface area contributed by atoms with Crippen LogP contribution in [0, 0.1) is 6.92 Å². The molecule has 0 radical (unpaired) electrons. The average Bonchev–Trinajstić information content (AvgIpc) is 3.21. The van der Waals surface area contributed by atoms with E-state index in [0.29, 0.717) is 6.04 Å². The van der Waals surface area contributed by atoms with Gasteiger partial charge in [0.25, 0.3) is 0 Å². The van der Waals surface area contributed by atoms with E-state index in [1.165, 1.54) is 12.8 Å². The lowest BCUT2D eigenvalue weighted by Crippen LogP contribution is -2.38. The molecule has 0 N–H and O–H groups in total. The van der Waals surface area contributed by atoms with E-state index < -0.39 is 0 Å². The van der Waals surface area contributed by atoms with Gasteiger partial charge in [-0.2, -0.15) is 0 Å². The van der Waals surface area contributed by atoms with E-state index in [4.69, 9.17) is 4.74 Å². The van der Waals surface area contributed by atoms with Gasteiger partial charge in [-0.05, 0) is 19.8 Å². The van der Waals surface area contributed by atoms with Crippen LogP contribution in [0.2, 0.25) is 0 Å². The molecule has 2 fully saturated rings. The molecular weight excluding hydrogens is 312 g/mol. The molecule has 3 heterocycles. The second kappa shape index (κ2) is 6.52. The van der Waals surface area contributed by atoms with E-state index in [9.17, 15) is 0 Å². The number of hydrogen-bond donors (Lipinski definition) is 0. The van der Waals surface area contributed by atoms with Crippen molar-refractivity contribution in [1.29, 1.82) is 0 Å². The van der Waals surface area contributed by atoms with E-state index in [1.807, 2.05) is 19.3 Å². The van der Waals surface area contributed by atoms with Crippen molar-refractivity contribution in [1.82, 2.24) is 24.3 Å². The highest BCUT2D eigenvalue weighted by Crippen LogP contribution is 2.41. The topological polar surface area (TPSA) is 61.0 Å². The smallest absolute Gasteiger partial charge is 0.228 e. The fourth-order valence-electron chi connectivity index (χ4n) is 2.87. The van der Waals surface area contributed by atoms with Gasteiger partial charge in [0.2, 0.25) is 5.95 Å². The molecule has 2 aromatic rings. The van der Waals surface area contributed by atoms with Crippen molar-refractivity contribution in [2.24, 2.45) is 0 Å². The van der Waals surface area contributed by atoms with E-state index in [2.05, 4.69) is 29.2 Å². The minimum Gasteiger partial charge on any atom is -0.378 e. The van der Waals surface area contributed by atoms with Gasteiger partial charge < -0.3 is 14.2 Å². The number of morpholine rings is 1. The molecule has 1 aliphatic heterocycles. The van der Waals surface area contributed by atoms with E-state index in [0.717, 1.165) is 55.5 Å².